The SMILES string of the molecule is CCOC(=O)CCCNC(=O)Cc1c(C)[nH]c2ccccc12. The third-order valence-electron chi connectivity index (χ3n) is 3.55. The van der Waals surface area contributed by atoms with E-state index in [1.54, 1.807) is 6.92 Å². The standard InChI is InChI=1S/C17H22N2O3/c1-3-22-17(21)9-6-10-18-16(20)11-14-12(2)19-15-8-5-4-7-13(14)15/h4-5,7-8,19H,3,6,9-11H2,1-2H3,(H,18,20). The molecule has 0 saturated carbocycles. The average molecular weight is 302 g/mol. The zero-order valence-electron chi connectivity index (χ0n) is 13.1. The van der Waals surface area contributed by atoms with E-state index >= 15 is 0 Å². The van der Waals surface area contributed by atoms with Crippen LogP contribution in [0.3, 0.4) is 0 Å². The van der Waals surface area contributed by atoms with Crippen molar-refractivity contribution in [1.82, 2.24) is 10.3 Å². The summed E-state index contributed by atoms with van der Waals surface area (Å²) in [5.41, 5.74) is 3.09. The van der Waals surface area contributed by atoms with Gasteiger partial charge in [0.2, 0.25) is 5.91 Å². The van der Waals surface area contributed by atoms with Crippen LogP contribution in [0.2, 0.25) is 0 Å². The minimum absolute atomic E-state index is 0.0308. The number of hydrogen-bond acceptors (Lipinski definition) is 3. The normalized spacial score (nSPS) is 10.6. The number of carbonyl (C=O) groups excluding carboxylic acids is 2. The summed E-state index contributed by atoms with van der Waals surface area (Å²) in [4.78, 5) is 26.5. The molecule has 0 bridgehead atoms. The minimum atomic E-state index is -0.218. The molecular weight excluding hydrogens is 280 g/mol. The predicted octanol–water partition coefficient (Wildman–Crippen LogP) is 2.48. The van der Waals surface area contributed by atoms with Gasteiger partial charge in [-0.25, -0.2) is 0 Å². The zero-order valence-corrected chi connectivity index (χ0v) is 13.1. The Morgan fingerprint density at radius 2 is 2.05 bits per heavy atom. The molecule has 0 unspecified atom stereocenters. The monoisotopic (exact) mass is 302 g/mol. The summed E-state index contributed by atoms with van der Waals surface area (Å²) in [7, 11) is 0. The van der Waals surface area contributed by atoms with Gasteiger partial charge in [0.15, 0.2) is 0 Å². The van der Waals surface area contributed by atoms with Crippen molar-refractivity contribution >= 4 is 22.8 Å². The number of H-pyrrole nitrogens is 1. The molecule has 0 spiro atoms. The van der Waals surface area contributed by atoms with Gasteiger partial charge in [0.25, 0.3) is 0 Å². The van der Waals surface area contributed by atoms with Gasteiger partial charge >= 0.3 is 5.97 Å². The maximum absolute atomic E-state index is 12.0. The van der Waals surface area contributed by atoms with Crippen LogP contribution in [0.5, 0.6) is 0 Å². The summed E-state index contributed by atoms with van der Waals surface area (Å²) in [6.45, 7) is 4.64. The van der Waals surface area contributed by atoms with Gasteiger partial charge in [-0.1, -0.05) is 18.2 Å². The molecule has 1 amide bonds. The first-order valence-corrected chi connectivity index (χ1v) is 7.60. The lowest BCUT2D eigenvalue weighted by molar-refractivity contribution is -0.143. The number of esters is 1. The third kappa shape index (κ3) is 4.10. The molecule has 2 aromatic rings. The molecule has 0 aliphatic heterocycles. The number of amides is 1. The molecule has 118 valence electrons. The van der Waals surface area contributed by atoms with Crippen LogP contribution in [-0.2, 0) is 20.7 Å². The lowest BCUT2D eigenvalue weighted by Gasteiger charge is -2.06. The fraction of sp³-hybridized carbons (Fsp3) is 0.412. The summed E-state index contributed by atoms with van der Waals surface area (Å²) >= 11 is 0. The Morgan fingerprint density at radius 1 is 1.27 bits per heavy atom. The van der Waals surface area contributed by atoms with Crippen molar-refractivity contribution < 1.29 is 14.3 Å². The summed E-state index contributed by atoms with van der Waals surface area (Å²) in [5.74, 6) is -0.249. The van der Waals surface area contributed by atoms with E-state index in [4.69, 9.17) is 4.74 Å². The fourth-order valence-electron chi connectivity index (χ4n) is 2.48. The van der Waals surface area contributed by atoms with Crippen molar-refractivity contribution in [2.75, 3.05) is 13.2 Å². The first-order chi connectivity index (χ1) is 10.6. The van der Waals surface area contributed by atoms with Gasteiger partial charge in [-0.15, -0.1) is 0 Å². The summed E-state index contributed by atoms with van der Waals surface area (Å²) in [5, 5.41) is 3.93. The van der Waals surface area contributed by atoms with Gasteiger partial charge in [-0.3, -0.25) is 9.59 Å². The number of rotatable bonds is 7. The van der Waals surface area contributed by atoms with E-state index in [1.807, 2.05) is 31.2 Å². The number of aryl methyl sites for hydroxylation is 1. The van der Waals surface area contributed by atoms with Gasteiger partial charge in [0, 0.05) is 29.6 Å². The third-order valence-corrected chi connectivity index (χ3v) is 3.55. The van der Waals surface area contributed by atoms with Gasteiger partial charge in [-0.2, -0.15) is 0 Å². The second-order valence-corrected chi connectivity index (χ2v) is 5.21. The fourth-order valence-corrected chi connectivity index (χ4v) is 2.48. The predicted molar refractivity (Wildman–Crippen MR) is 85.6 cm³/mol. The van der Waals surface area contributed by atoms with Gasteiger partial charge in [0.05, 0.1) is 13.0 Å². The molecule has 22 heavy (non-hydrogen) atoms. The first kappa shape index (κ1) is 16.1. The Labute approximate surface area is 130 Å². The van der Waals surface area contributed by atoms with Crippen molar-refractivity contribution in [3.63, 3.8) is 0 Å². The maximum Gasteiger partial charge on any atom is 0.305 e. The number of carbonyl (C=O) groups is 2. The highest BCUT2D eigenvalue weighted by Gasteiger charge is 2.12. The van der Waals surface area contributed by atoms with E-state index < -0.39 is 0 Å². The quantitative estimate of drug-likeness (QED) is 0.609. The van der Waals surface area contributed by atoms with Crippen LogP contribution in [0.1, 0.15) is 31.0 Å². The van der Waals surface area contributed by atoms with E-state index in [2.05, 4.69) is 10.3 Å². The van der Waals surface area contributed by atoms with Crippen LogP contribution in [-0.4, -0.2) is 30.0 Å². The zero-order chi connectivity index (χ0) is 15.9. The van der Waals surface area contributed by atoms with E-state index in [9.17, 15) is 9.59 Å². The average Bonchev–Trinajstić information content (AvgIpc) is 2.80. The Kier molecular flexibility index (Phi) is 5.58. The number of aromatic amines is 1. The number of benzene rings is 1. The smallest absolute Gasteiger partial charge is 0.305 e. The van der Waals surface area contributed by atoms with Crippen LogP contribution in [0.25, 0.3) is 10.9 Å². The summed E-state index contributed by atoms with van der Waals surface area (Å²) < 4.78 is 4.84. The van der Waals surface area contributed by atoms with E-state index in [0.29, 0.717) is 32.4 Å². The number of ether oxygens (including phenoxy) is 1. The number of fused-ring (bicyclic) bond motifs is 1. The Morgan fingerprint density at radius 3 is 2.82 bits per heavy atom. The topological polar surface area (TPSA) is 71.2 Å². The number of para-hydroxylation sites is 1. The molecule has 0 fully saturated rings. The Balaban J connectivity index is 1.84. The molecule has 2 N–H and O–H groups in total. The lowest BCUT2D eigenvalue weighted by Crippen LogP contribution is -2.26. The largest absolute Gasteiger partial charge is 0.466 e. The van der Waals surface area contributed by atoms with Crippen LogP contribution in [0.15, 0.2) is 24.3 Å². The molecule has 1 aromatic heterocycles. The summed E-state index contributed by atoms with van der Waals surface area (Å²) in [6, 6.07) is 7.96. The highest BCUT2D eigenvalue weighted by Crippen LogP contribution is 2.22. The van der Waals surface area contributed by atoms with Crippen LogP contribution < -0.4 is 5.32 Å². The maximum atomic E-state index is 12.0. The molecular formula is C17H22N2O3. The highest BCUT2D eigenvalue weighted by atomic mass is 16.5. The van der Waals surface area contributed by atoms with Crippen molar-refractivity contribution in [1.29, 1.82) is 0 Å². The van der Waals surface area contributed by atoms with Gasteiger partial charge in [-0.05, 0) is 31.9 Å². The molecule has 5 heteroatoms. The Bertz CT molecular complexity index is 661. The van der Waals surface area contributed by atoms with E-state index in [1.165, 1.54) is 0 Å². The van der Waals surface area contributed by atoms with Gasteiger partial charge < -0.3 is 15.0 Å². The van der Waals surface area contributed by atoms with Crippen LogP contribution in [0.4, 0.5) is 0 Å². The summed E-state index contributed by atoms with van der Waals surface area (Å²) in [6.07, 6.45) is 1.27. The number of aromatic nitrogens is 1. The second kappa shape index (κ2) is 7.64. The van der Waals surface area contributed by atoms with Crippen LogP contribution in [0, 0.1) is 6.92 Å². The molecule has 5 nitrogen and oxygen atoms in total. The van der Waals surface area contributed by atoms with Crippen molar-refractivity contribution in [2.45, 2.75) is 33.1 Å². The molecule has 2 rings (SSSR count). The molecule has 0 radical (unpaired) electrons. The van der Waals surface area contributed by atoms with Crippen LogP contribution >= 0.6 is 0 Å². The number of nitrogens with one attached hydrogen (secondary N) is 2. The highest BCUT2D eigenvalue weighted by molar-refractivity contribution is 5.90. The van der Waals surface area contributed by atoms with Gasteiger partial charge in [0.1, 0.15) is 0 Å². The molecule has 0 aliphatic rings. The number of hydrogen-bond donors (Lipinski definition) is 2. The lowest BCUT2D eigenvalue weighted by atomic mass is 10.1. The van der Waals surface area contributed by atoms with E-state index in [-0.39, 0.29) is 11.9 Å². The Hall–Kier alpha value is -2.30. The molecule has 0 saturated heterocycles. The first-order valence-electron chi connectivity index (χ1n) is 7.60. The second-order valence-electron chi connectivity index (χ2n) is 5.21. The molecule has 1 aromatic carbocycles. The molecule has 0 aliphatic carbocycles. The van der Waals surface area contributed by atoms with Crippen molar-refractivity contribution in [3.05, 3.63) is 35.5 Å². The van der Waals surface area contributed by atoms with E-state index in [0.717, 1.165) is 22.2 Å². The van der Waals surface area contributed by atoms with Crippen molar-refractivity contribution in [2.24, 2.45) is 0 Å². The molecule has 0 atom stereocenters. The minimum Gasteiger partial charge on any atom is -0.466 e. The van der Waals surface area contributed by atoms with Crippen molar-refractivity contribution in [3.8, 4) is 0 Å². The molecule has 1 heterocycles.